The summed E-state index contributed by atoms with van der Waals surface area (Å²) >= 11 is 0. The first-order chi connectivity index (χ1) is 19.7. The molecule has 0 aliphatic carbocycles. The van der Waals surface area contributed by atoms with Crippen LogP contribution in [0.15, 0.2) is 48.5 Å². The van der Waals surface area contributed by atoms with E-state index in [9.17, 15) is 9.59 Å². The average Bonchev–Trinajstić information content (AvgIpc) is 2.90. The van der Waals surface area contributed by atoms with Crippen LogP contribution >= 0.6 is 0 Å². The SMILES string of the molecule is COc1ccc(CN(C)c2ccc3ccc(NCC[C@H](NC(=O)OC(C)(C)C)C(=O)OC(C)(C)C)cc3n2)c(OC)c1. The Kier molecular flexibility index (Phi) is 10.5. The summed E-state index contributed by atoms with van der Waals surface area (Å²) < 4.78 is 21.7. The van der Waals surface area contributed by atoms with E-state index >= 15 is 0 Å². The Balaban J connectivity index is 1.70. The van der Waals surface area contributed by atoms with Crippen molar-refractivity contribution in [2.45, 2.75) is 71.8 Å². The molecule has 0 unspecified atom stereocenters. The molecule has 0 saturated carbocycles. The lowest BCUT2D eigenvalue weighted by atomic mass is 10.1. The first-order valence-corrected chi connectivity index (χ1v) is 14.0. The van der Waals surface area contributed by atoms with E-state index in [2.05, 4.69) is 15.5 Å². The number of aromatic nitrogens is 1. The Hall–Kier alpha value is -4.21. The van der Waals surface area contributed by atoms with Gasteiger partial charge < -0.3 is 34.5 Å². The monoisotopic (exact) mass is 580 g/mol. The number of anilines is 2. The quantitative estimate of drug-likeness (QED) is 0.267. The zero-order chi connectivity index (χ0) is 31.1. The van der Waals surface area contributed by atoms with Crippen molar-refractivity contribution in [2.75, 3.05) is 38.0 Å². The Morgan fingerprint density at radius 1 is 0.905 bits per heavy atom. The van der Waals surface area contributed by atoms with Gasteiger partial charge in [-0.1, -0.05) is 6.07 Å². The summed E-state index contributed by atoms with van der Waals surface area (Å²) in [5, 5.41) is 6.99. The van der Waals surface area contributed by atoms with Crippen molar-refractivity contribution >= 4 is 34.5 Å². The third-order valence-electron chi connectivity index (χ3n) is 6.11. The third kappa shape index (κ3) is 9.71. The molecule has 2 N–H and O–H groups in total. The van der Waals surface area contributed by atoms with Gasteiger partial charge in [-0.25, -0.2) is 14.6 Å². The molecular weight excluding hydrogens is 536 g/mol. The number of hydrogen-bond acceptors (Lipinski definition) is 9. The van der Waals surface area contributed by atoms with Crippen LogP contribution in [-0.4, -0.2) is 62.1 Å². The normalized spacial score (nSPS) is 12.3. The van der Waals surface area contributed by atoms with Crippen molar-refractivity contribution in [3.05, 3.63) is 54.1 Å². The van der Waals surface area contributed by atoms with Gasteiger partial charge >= 0.3 is 12.1 Å². The topological polar surface area (TPSA) is 111 Å². The Bertz CT molecular complexity index is 1380. The fourth-order valence-corrected chi connectivity index (χ4v) is 4.18. The van der Waals surface area contributed by atoms with Crippen LogP contribution in [0.5, 0.6) is 11.5 Å². The number of hydrogen-bond donors (Lipinski definition) is 2. The van der Waals surface area contributed by atoms with Gasteiger partial charge in [-0.2, -0.15) is 0 Å². The number of carbonyl (C=O) groups excluding carboxylic acids is 2. The number of rotatable bonds is 11. The fraction of sp³-hybridized carbons (Fsp3) is 0.469. The molecule has 1 atom stereocenters. The first-order valence-electron chi connectivity index (χ1n) is 14.0. The zero-order valence-electron chi connectivity index (χ0n) is 26.2. The summed E-state index contributed by atoms with van der Waals surface area (Å²) in [4.78, 5) is 32.2. The van der Waals surface area contributed by atoms with E-state index in [-0.39, 0.29) is 0 Å². The summed E-state index contributed by atoms with van der Waals surface area (Å²) in [7, 11) is 5.25. The number of esters is 1. The Labute approximate surface area is 248 Å². The molecule has 0 saturated heterocycles. The van der Waals surface area contributed by atoms with Gasteiger partial charge in [0.05, 0.1) is 19.7 Å². The van der Waals surface area contributed by atoms with Crippen LogP contribution in [0.3, 0.4) is 0 Å². The molecule has 1 amide bonds. The zero-order valence-corrected chi connectivity index (χ0v) is 26.2. The minimum Gasteiger partial charge on any atom is -0.497 e. The summed E-state index contributed by atoms with van der Waals surface area (Å²) in [6.07, 6.45) is -0.372. The summed E-state index contributed by atoms with van der Waals surface area (Å²) in [5.41, 5.74) is 1.30. The van der Waals surface area contributed by atoms with E-state index in [0.717, 1.165) is 39.5 Å². The van der Waals surface area contributed by atoms with Gasteiger partial charge in [0, 0.05) is 42.8 Å². The molecule has 3 rings (SSSR count). The van der Waals surface area contributed by atoms with Crippen molar-refractivity contribution in [1.29, 1.82) is 0 Å². The molecule has 0 spiro atoms. The highest BCUT2D eigenvalue weighted by molar-refractivity contribution is 5.84. The largest absolute Gasteiger partial charge is 0.497 e. The van der Waals surface area contributed by atoms with Crippen LogP contribution < -0.4 is 25.0 Å². The number of benzene rings is 2. The predicted octanol–water partition coefficient (Wildman–Crippen LogP) is 5.93. The van der Waals surface area contributed by atoms with E-state index in [1.807, 2.05) is 55.6 Å². The third-order valence-corrected chi connectivity index (χ3v) is 6.11. The maximum atomic E-state index is 12.8. The maximum Gasteiger partial charge on any atom is 0.408 e. The van der Waals surface area contributed by atoms with Crippen LogP contribution in [-0.2, 0) is 20.8 Å². The van der Waals surface area contributed by atoms with Gasteiger partial charge in [0.1, 0.15) is 34.6 Å². The van der Waals surface area contributed by atoms with Gasteiger partial charge in [0.2, 0.25) is 0 Å². The molecule has 3 aromatic rings. The maximum absolute atomic E-state index is 12.8. The molecule has 0 bridgehead atoms. The molecule has 0 radical (unpaired) electrons. The number of fused-ring (bicyclic) bond motifs is 1. The minimum atomic E-state index is -0.875. The molecule has 0 fully saturated rings. The minimum absolute atomic E-state index is 0.298. The van der Waals surface area contributed by atoms with Crippen molar-refractivity contribution in [3.8, 4) is 11.5 Å². The molecule has 228 valence electrons. The molecule has 2 aromatic carbocycles. The number of alkyl carbamates (subject to hydrolysis) is 1. The number of carbonyl (C=O) groups is 2. The number of nitrogens with one attached hydrogen (secondary N) is 2. The van der Waals surface area contributed by atoms with Crippen LogP contribution in [0.1, 0.15) is 53.5 Å². The number of amides is 1. The average molecular weight is 581 g/mol. The molecule has 1 heterocycles. The van der Waals surface area contributed by atoms with Crippen LogP contribution in [0.25, 0.3) is 10.9 Å². The molecule has 42 heavy (non-hydrogen) atoms. The number of nitrogens with zero attached hydrogens (tertiary/aromatic N) is 2. The fourth-order valence-electron chi connectivity index (χ4n) is 4.18. The lowest BCUT2D eigenvalue weighted by molar-refractivity contribution is -0.157. The van der Waals surface area contributed by atoms with Crippen molar-refractivity contribution in [2.24, 2.45) is 0 Å². The van der Waals surface area contributed by atoms with E-state index in [0.29, 0.717) is 19.5 Å². The number of pyridine rings is 1. The second kappa shape index (κ2) is 13.6. The predicted molar refractivity (Wildman–Crippen MR) is 166 cm³/mol. The van der Waals surface area contributed by atoms with E-state index in [4.69, 9.17) is 23.9 Å². The van der Waals surface area contributed by atoms with Gasteiger partial charge in [0.25, 0.3) is 0 Å². The smallest absolute Gasteiger partial charge is 0.408 e. The summed E-state index contributed by atoms with van der Waals surface area (Å²) in [6.45, 7) is 11.7. The van der Waals surface area contributed by atoms with Crippen LogP contribution in [0, 0.1) is 0 Å². The second-order valence-corrected chi connectivity index (χ2v) is 12.1. The highest BCUT2D eigenvalue weighted by atomic mass is 16.6. The van der Waals surface area contributed by atoms with Gasteiger partial charge in [-0.05, 0) is 84.4 Å². The van der Waals surface area contributed by atoms with Gasteiger partial charge in [-0.3, -0.25) is 0 Å². The summed E-state index contributed by atoms with van der Waals surface area (Å²) in [5.74, 6) is 1.78. The van der Waals surface area contributed by atoms with Crippen LogP contribution in [0.2, 0.25) is 0 Å². The van der Waals surface area contributed by atoms with Crippen LogP contribution in [0.4, 0.5) is 16.3 Å². The molecular formula is C32H44N4O6. The highest BCUT2D eigenvalue weighted by Crippen LogP contribution is 2.28. The molecule has 10 heteroatoms. The standard InChI is InChI=1S/C32H44N4O6/c1-31(2,3)41-29(37)25(35-30(38)42-32(4,5)6)16-17-33-23-13-10-21-12-15-28(34-26(21)18-23)36(7)20-22-11-14-24(39-8)19-27(22)40-9/h10-15,18-19,25,33H,16-17,20H2,1-9H3,(H,35,38)/t25-/m0/s1. The Morgan fingerprint density at radius 3 is 2.24 bits per heavy atom. The van der Waals surface area contributed by atoms with E-state index in [1.54, 1.807) is 55.8 Å². The molecule has 10 nitrogen and oxygen atoms in total. The molecule has 1 aromatic heterocycles. The first kappa shape index (κ1) is 32.3. The van der Waals surface area contributed by atoms with Crippen molar-refractivity contribution in [3.63, 3.8) is 0 Å². The molecule has 0 aliphatic rings. The Morgan fingerprint density at radius 2 is 1.60 bits per heavy atom. The van der Waals surface area contributed by atoms with Crippen molar-refractivity contribution < 1.29 is 28.5 Å². The number of methoxy groups -OCH3 is 2. The number of ether oxygens (including phenoxy) is 4. The van der Waals surface area contributed by atoms with E-state index < -0.39 is 29.3 Å². The lowest BCUT2D eigenvalue weighted by Crippen LogP contribution is -2.46. The highest BCUT2D eigenvalue weighted by Gasteiger charge is 2.28. The van der Waals surface area contributed by atoms with Gasteiger partial charge in [-0.15, -0.1) is 0 Å². The van der Waals surface area contributed by atoms with Gasteiger partial charge in [0.15, 0.2) is 0 Å². The van der Waals surface area contributed by atoms with E-state index in [1.165, 1.54) is 0 Å². The lowest BCUT2D eigenvalue weighted by Gasteiger charge is -2.26. The van der Waals surface area contributed by atoms with Crippen molar-refractivity contribution in [1.82, 2.24) is 10.3 Å². The summed E-state index contributed by atoms with van der Waals surface area (Å²) in [6, 6.07) is 14.8. The molecule has 0 aliphatic heterocycles. The second-order valence-electron chi connectivity index (χ2n) is 12.1.